The third kappa shape index (κ3) is 13.9. The summed E-state index contributed by atoms with van der Waals surface area (Å²) < 4.78 is 86.4. The van der Waals surface area contributed by atoms with Gasteiger partial charge >= 0.3 is 18.3 Å². The highest BCUT2D eigenvalue weighted by Gasteiger charge is 2.34. The first-order valence-corrected chi connectivity index (χ1v) is 19.2. The van der Waals surface area contributed by atoms with Crippen LogP contribution in [0.2, 0.25) is 20.1 Å². The van der Waals surface area contributed by atoms with Crippen molar-refractivity contribution < 1.29 is 50.5 Å². The van der Waals surface area contributed by atoms with Crippen LogP contribution in [0.1, 0.15) is 55.3 Å². The Morgan fingerprint density at radius 2 is 1.12 bits per heavy atom. The summed E-state index contributed by atoms with van der Waals surface area (Å²) in [7, 11) is 0. The number of nitrogens with one attached hydrogen (secondary N) is 1. The summed E-state index contributed by atoms with van der Waals surface area (Å²) in [4.78, 5) is 34.1. The van der Waals surface area contributed by atoms with E-state index in [0.29, 0.717) is 57.2 Å². The summed E-state index contributed by atoms with van der Waals surface area (Å²) in [6.45, 7) is 5.35. The summed E-state index contributed by atoms with van der Waals surface area (Å²) in [5.74, 6) is -1.49. The van der Waals surface area contributed by atoms with Gasteiger partial charge in [0.2, 0.25) is 0 Å². The maximum absolute atomic E-state index is 12.8. The van der Waals surface area contributed by atoms with Crippen LogP contribution in [0.25, 0.3) is 0 Å². The van der Waals surface area contributed by atoms with Crippen LogP contribution in [-0.4, -0.2) is 102 Å². The van der Waals surface area contributed by atoms with Gasteiger partial charge in [-0.25, -0.2) is 4.79 Å². The number of carboxylic acid groups (broad SMARTS) is 1. The van der Waals surface area contributed by atoms with Crippen molar-refractivity contribution in [2.75, 3.05) is 65.7 Å². The van der Waals surface area contributed by atoms with E-state index in [-0.39, 0.29) is 49.8 Å². The zero-order valence-corrected chi connectivity index (χ0v) is 33.9. The number of benzene rings is 2. The number of alkyl halides is 6. The molecule has 2 saturated heterocycles. The molecule has 0 spiro atoms. The van der Waals surface area contributed by atoms with E-state index in [9.17, 15) is 35.9 Å². The maximum Gasteiger partial charge on any atom is 0.433 e. The number of aromatic nitrogens is 2. The molecule has 2 fully saturated rings. The molecule has 1 amide bonds. The van der Waals surface area contributed by atoms with Crippen molar-refractivity contribution in [3.05, 3.63) is 127 Å². The highest BCUT2D eigenvalue weighted by molar-refractivity contribution is 6.44. The van der Waals surface area contributed by atoms with E-state index in [1.54, 1.807) is 18.2 Å². The molecular weight excluding hydrogens is 876 g/mol. The fourth-order valence-corrected chi connectivity index (χ4v) is 6.67. The Kier molecular flexibility index (Phi) is 18.0. The fourth-order valence-electron chi connectivity index (χ4n) is 5.90. The first kappa shape index (κ1) is 47.9. The number of pyridine rings is 2. The third-order valence-electron chi connectivity index (χ3n) is 8.95. The number of hydrogen-bond acceptors (Lipinski definition) is 9. The first-order chi connectivity index (χ1) is 27.9. The summed E-state index contributed by atoms with van der Waals surface area (Å²) in [6.07, 6.45) is -6.46. The van der Waals surface area contributed by atoms with Gasteiger partial charge in [-0.2, -0.15) is 26.3 Å². The second kappa shape index (κ2) is 22.2. The Hall–Kier alpha value is -3.78. The highest BCUT2D eigenvalue weighted by atomic mass is 35.5. The zero-order chi connectivity index (χ0) is 43.3. The number of amides is 1. The summed E-state index contributed by atoms with van der Waals surface area (Å²) in [5, 5.41) is 12.1. The Bertz CT molecular complexity index is 1990. The van der Waals surface area contributed by atoms with Gasteiger partial charge < -0.3 is 25.6 Å². The number of morpholine rings is 2. The molecule has 2 atom stereocenters. The predicted molar refractivity (Wildman–Crippen MR) is 210 cm³/mol. The number of carbonyl (C=O) groups excluding carboxylic acids is 1. The van der Waals surface area contributed by atoms with Crippen molar-refractivity contribution in [1.82, 2.24) is 25.1 Å². The molecule has 2 aromatic carbocycles. The lowest BCUT2D eigenvalue weighted by Crippen LogP contribution is -2.44. The Morgan fingerprint density at radius 3 is 1.51 bits per heavy atom. The van der Waals surface area contributed by atoms with Crippen molar-refractivity contribution in [2.24, 2.45) is 5.73 Å². The van der Waals surface area contributed by atoms with Gasteiger partial charge in [-0.3, -0.25) is 24.6 Å². The van der Waals surface area contributed by atoms with E-state index in [0.717, 1.165) is 25.2 Å². The summed E-state index contributed by atoms with van der Waals surface area (Å²) in [6, 6.07) is 13.5. The van der Waals surface area contributed by atoms with Crippen molar-refractivity contribution >= 4 is 58.3 Å². The van der Waals surface area contributed by atoms with Gasteiger partial charge in [-0.15, -0.1) is 0 Å². The van der Waals surface area contributed by atoms with E-state index < -0.39 is 35.6 Å². The number of ether oxygens (including phenoxy) is 2. The predicted octanol–water partition coefficient (Wildman–Crippen LogP) is 8.33. The number of halogens is 10. The Labute approximate surface area is 355 Å². The van der Waals surface area contributed by atoms with E-state index in [4.69, 9.17) is 66.7 Å². The summed E-state index contributed by atoms with van der Waals surface area (Å²) >= 11 is 23.2. The van der Waals surface area contributed by atoms with E-state index in [1.807, 2.05) is 4.90 Å². The van der Waals surface area contributed by atoms with Gasteiger partial charge in [0, 0.05) is 57.7 Å². The first-order valence-electron chi connectivity index (χ1n) is 17.7. The molecule has 320 valence electrons. The van der Waals surface area contributed by atoms with Crippen LogP contribution in [0.5, 0.6) is 0 Å². The number of carbonyl (C=O) groups is 2. The van der Waals surface area contributed by atoms with E-state index >= 15 is 0 Å². The van der Waals surface area contributed by atoms with Gasteiger partial charge in [-0.05, 0) is 47.5 Å². The minimum absolute atomic E-state index is 0.0270. The zero-order valence-electron chi connectivity index (χ0n) is 30.9. The monoisotopic (exact) mass is 912 g/mol. The van der Waals surface area contributed by atoms with Crippen LogP contribution in [-0.2, 0) is 21.8 Å². The highest BCUT2D eigenvalue weighted by Crippen LogP contribution is 2.31. The molecule has 6 rings (SSSR count). The molecule has 2 aliphatic rings. The molecule has 0 aliphatic carbocycles. The SMILES string of the molecule is NCC(c1ccc(C(F)(F)F)nc1)N1CCOCC1.O=C(NCC(c1ccc(C(F)(F)F)nc1)N1CCOCC1)c1cccc(Cl)c1Cl.O=C(O)c1cccc(Cl)c1Cl. The molecule has 0 radical (unpaired) electrons. The second-order valence-corrected chi connectivity index (χ2v) is 14.3. The minimum atomic E-state index is -4.51. The molecule has 2 aliphatic heterocycles. The largest absolute Gasteiger partial charge is 0.478 e. The fraction of sp³-hybridized carbons (Fsp3) is 0.368. The topological polar surface area (TPSA) is 143 Å². The van der Waals surface area contributed by atoms with Gasteiger partial charge in [0.15, 0.2) is 0 Å². The van der Waals surface area contributed by atoms with Gasteiger partial charge in [0.25, 0.3) is 5.91 Å². The lowest BCUT2D eigenvalue weighted by atomic mass is 10.1. The maximum atomic E-state index is 12.8. The van der Waals surface area contributed by atoms with Crippen LogP contribution in [0, 0.1) is 0 Å². The van der Waals surface area contributed by atoms with Gasteiger partial charge in [0.1, 0.15) is 11.4 Å². The molecule has 4 N–H and O–H groups in total. The molecule has 2 aromatic heterocycles. The molecule has 0 saturated carbocycles. The lowest BCUT2D eigenvalue weighted by Gasteiger charge is -2.34. The molecule has 59 heavy (non-hydrogen) atoms. The van der Waals surface area contributed by atoms with Crippen molar-refractivity contribution in [2.45, 2.75) is 24.4 Å². The quantitative estimate of drug-likeness (QED) is 0.140. The standard InChI is InChI=1S/C19H18Cl2F3N3O2.C12H16F3N3O.C7H4Cl2O2/c20-14-3-1-2-13(17(14)21)18(28)26-11-15(27-6-8-29-9-7-27)12-4-5-16(25-10-12)19(22,23)24;13-12(14,15)11-2-1-9(8-17-11)10(7-16)18-3-5-19-6-4-18;8-5-3-1-2-4(6(5)9)7(10)11/h1-5,10,15H,6-9,11H2,(H,26,28);1-2,8,10H,3-7,16H2;1-3H,(H,10,11). The second-order valence-electron chi connectivity index (χ2n) is 12.7. The lowest BCUT2D eigenvalue weighted by molar-refractivity contribution is -0.142. The molecule has 11 nitrogen and oxygen atoms in total. The number of rotatable bonds is 9. The Morgan fingerprint density at radius 1 is 0.695 bits per heavy atom. The molecule has 2 unspecified atom stereocenters. The van der Waals surface area contributed by atoms with E-state index in [2.05, 4.69) is 20.2 Å². The average Bonchev–Trinajstić information content (AvgIpc) is 3.21. The minimum Gasteiger partial charge on any atom is -0.478 e. The van der Waals surface area contributed by atoms with Gasteiger partial charge in [0.05, 0.1) is 63.7 Å². The normalized spacial score (nSPS) is 16.1. The van der Waals surface area contributed by atoms with Crippen LogP contribution in [0.15, 0.2) is 73.1 Å². The number of nitrogens with zero attached hydrogens (tertiary/aromatic N) is 4. The molecule has 4 heterocycles. The van der Waals surface area contributed by atoms with Crippen molar-refractivity contribution in [3.8, 4) is 0 Å². The molecule has 0 bridgehead atoms. The van der Waals surface area contributed by atoms with Crippen LogP contribution in [0.4, 0.5) is 26.3 Å². The van der Waals surface area contributed by atoms with Crippen molar-refractivity contribution in [3.63, 3.8) is 0 Å². The van der Waals surface area contributed by atoms with E-state index in [1.165, 1.54) is 42.7 Å². The number of nitrogens with two attached hydrogens (primary N) is 1. The number of carboxylic acids is 1. The van der Waals surface area contributed by atoms with Crippen molar-refractivity contribution in [1.29, 1.82) is 0 Å². The number of aromatic carboxylic acids is 1. The molecular formula is C38H38Cl4F6N6O5. The molecule has 21 heteroatoms. The average molecular weight is 915 g/mol. The number of hydrogen-bond donors (Lipinski definition) is 3. The van der Waals surface area contributed by atoms with Crippen LogP contribution in [0.3, 0.4) is 0 Å². The summed E-state index contributed by atoms with van der Waals surface area (Å²) in [5.41, 5.74) is 5.41. The smallest absolute Gasteiger partial charge is 0.433 e. The third-order valence-corrected chi connectivity index (χ3v) is 10.6. The van der Waals surface area contributed by atoms with Crippen LogP contribution >= 0.6 is 46.4 Å². The van der Waals surface area contributed by atoms with Crippen LogP contribution < -0.4 is 11.1 Å². The van der Waals surface area contributed by atoms with Gasteiger partial charge in [-0.1, -0.05) is 70.7 Å². The Balaban J connectivity index is 0.000000219. The molecule has 4 aromatic rings.